The van der Waals surface area contributed by atoms with Crippen LogP contribution in [0.1, 0.15) is 70.7 Å². The summed E-state index contributed by atoms with van der Waals surface area (Å²) in [5.74, 6) is 0.110. The lowest BCUT2D eigenvalue weighted by Crippen LogP contribution is -2.42. The van der Waals surface area contributed by atoms with Crippen molar-refractivity contribution in [3.05, 3.63) is 23.8 Å². The van der Waals surface area contributed by atoms with Crippen LogP contribution in [-0.4, -0.2) is 75.3 Å². The molecule has 192 valence electrons. The topological polar surface area (TPSA) is 90.0 Å². The van der Waals surface area contributed by atoms with Crippen molar-refractivity contribution in [3.8, 4) is 0 Å². The van der Waals surface area contributed by atoms with Gasteiger partial charge < -0.3 is 15.1 Å². The highest BCUT2D eigenvalue weighted by Gasteiger charge is 2.29. The standard InChI is InChI=1S/C25H42N4O4S/c1-6-14-26-24(30)19-28(15-7-2)25(31)22-18-21(34(32,33)29(8-3)9-4)10-11-23(22)27-16-12-20(5)13-17-27/h10-11,18,20H,6-9,12-17,19H2,1-5H3,(H,26,30). The quantitative estimate of drug-likeness (QED) is 0.481. The minimum atomic E-state index is -3.72. The maximum absolute atomic E-state index is 13.8. The highest BCUT2D eigenvalue weighted by Crippen LogP contribution is 2.30. The Bertz CT molecular complexity index is 923. The van der Waals surface area contributed by atoms with Crippen molar-refractivity contribution < 1.29 is 18.0 Å². The zero-order valence-electron chi connectivity index (χ0n) is 21.5. The Morgan fingerprint density at radius 2 is 1.71 bits per heavy atom. The second-order valence-electron chi connectivity index (χ2n) is 9.01. The van der Waals surface area contributed by atoms with E-state index >= 15 is 0 Å². The number of rotatable bonds is 12. The van der Waals surface area contributed by atoms with Crippen LogP contribution < -0.4 is 10.2 Å². The minimum Gasteiger partial charge on any atom is -0.371 e. The van der Waals surface area contributed by atoms with Crippen LogP contribution in [0.4, 0.5) is 5.69 Å². The van der Waals surface area contributed by atoms with Crippen LogP contribution in [0.3, 0.4) is 0 Å². The molecule has 1 fully saturated rings. The van der Waals surface area contributed by atoms with E-state index in [0.717, 1.165) is 38.0 Å². The van der Waals surface area contributed by atoms with Crippen LogP contribution in [-0.2, 0) is 14.8 Å². The van der Waals surface area contributed by atoms with Crippen molar-refractivity contribution in [2.45, 2.75) is 65.2 Å². The van der Waals surface area contributed by atoms with E-state index in [1.807, 2.05) is 13.8 Å². The van der Waals surface area contributed by atoms with Crippen LogP contribution in [0.25, 0.3) is 0 Å². The van der Waals surface area contributed by atoms with Crippen molar-refractivity contribution in [1.29, 1.82) is 0 Å². The van der Waals surface area contributed by atoms with Gasteiger partial charge in [0.25, 0.3) is 5.91 Å². The molecule has 34 heavy (non-hydrogen) atoms. The van der Waals surface area contributed by atoms with Gasteiger partial charge in [-0.1, -0.05) is 34.6 Å². The molecule has 2 amide bonds. The lowest BCUT2D eigenvalue weighted by atomic mass is 9.98. The summed E-state index contributed by atoms with van der Waals surface area (Å²) >= 11 is 0. The molecular formula is C25H42N4O4S. The molecule has 8 nitrogen and oxygen atoms in total. The molecule has 0 saturated carbocycles. The molecule has 9 heteroatoms. The van der Waals surface area contributed by atoms with Crippen molar-refractivity contribution >= 4 is 27.5 Å². The summed E-state index contributed by atoms with van der Waals surface area (Å²) in [6.45, 7) is 13.0. The molecular weight excluding hydrogens is 452 g/mol. The molecule has 2 rings (SSSR count). The smallest absolute Gasteiger partial charge is 0.256 e. The van der Waals surface area contributed by atoms with E-state index in [0.29, 0.717) is 44.1 Å². The molecule has 1 aromatic carbocycles. The molecule has 1 aromatic rings. The Balaban J connectivity index is 2.50. The molecule has 1 saturated heterocycles. The molecule has 0 aromatic heterocycles. The minimum absolute atomic E-state index is 0.0455. The predicted octanol–water partition coefficient (Wildman–Crippen LogP) is 3.33. The number of amides is 2. The summed E-state index contributed by atoms with van der Waals surface area (Å²) in [5, 5.41) is 2.83. The van der Waals surface area contributed by atoms with Gasteiger partial charge in [-0.05, 0) is 49.8 Å². The lowest BCUT2D eigenvalue weighted by Gasteiger charge is -2.34. The van der Waals surface area contributed by atoms with Crippen molar-refractivity contribution in [3.63, 3.8) is 0 Å². The number of benzene rings is 1. The first-order chi connectivity index (χ1) is 16.2. The van der Waals surface area contributed by atoms with E-state index < -0.39 is 10.0 Å². The summed E-state index contributed by atoms with van der Waals surface area (Å²) in [6.07, 6.45) is 3.55. The fraction of sp³-hybridized carbons (Fsp3) is 0.680. The second kappa shape index (κ2) is 13.1. The van der Waals surface area contributed by atoms with E-state index in [1.54, 1.807) is 26.0 Å². The molecule has 0 aliphatic carbocycles. The van der Waals surface area contributed by atoms with Crippen LogP contribution in [0.15, 0.2) is 23.1 Å². The highest BCUT2D eigenvalue weighted by atomic mass is 32.2. The maximum atomic E-state index is 13.8. The average Bonchev–Trinajstić information content (AvgIpc) is 2.82. The highest BCUT2D eigenvalue weighted by molar-refractivity contribution is 7.89. The van der Waals surface area contributed by atoms with E-state index in [1.165, 1.54) is 15.3 Å². The Hall–Kier alpha value is -2.13. The molecule has 1 aliphatic heterocycles. The number of carbonyl (C=O) groups excluding carboxylic acids is 2. The molecule has 1 aliphatic rings. The van der Waals surface area contributed by atoms with Crippen molar-refractivity contribution in [2.24, 2.45) is 5.92 Å². The molecule has 0 unspecified atom stereocenters. The Morgan fingerprint density at radius 1 is 1.06 bits per heavy atom. The third-order valence-electron chi connectivity index (χ3n) is 6.35. The van der Waals surface area contributed by atoms with E-state index in [9.17, 15) is 18.0 Å². The third-order valence-corrected chi connectivity index (χ3v) is 8.40. The maximum Gasteiger partial charge on any atom is 0.256 e. The van der Waals surface area contributed by atoms with Crippen molar-refractivity contribution in [2.75, 3.05) is 50.7 Å². The monoisotopic (exact) mass is 494 g/mol. The van der Waals surface area contributed by atoms with Gasteiger partial charge in [-0.25, -0.2) is 8.42 Å². The molecule has 0 radical (unpaired) electrons. The fourth-order valence-corrected chi connectivity index (χ4v) is 5.76. The molecule has 0 bridgehead atoms. The number of anilines is 1. The van der Waals surface area contributed by atoms with Gasteiger partial charge in [-0.15, -0.1) is 0 Å². The first kappa shape index (κ1) is 28.1. The first-order valence-corrected chi connectivity index (χ1v) is 14.1. The van der Waals surface area contributed by atoms with Gasteiger partial charge in [0.15, 0.2) is 0 Å². The van der Waals surface area contributed by atoms with E-state index in [2.05, 4.69) is 17.1 Å². The van der Waals surface area contributed by atoms with Gasteiger partial charge in [0, 0.05) is 45.0 Å². The third kappa shape index (κ3) is 6.95. The molecule has 1 heterocycles. The second-order valence-corrected chi connectivity index (χ2v) is 11.0. The Kier molecular flexibility index (Phi) is 10.8. The number of nitrogens with one attached hydrogen (secondary N) is 1. The molecule has 0 spiro atoms. The summed E-state index contributed by atoms with van der Waals surface area (Å²) in [6, 6.07) is 4.88. The summed E-state index contributed by atoms with van der Waals surface area (Å²) < 4.78 is 27.8. The first-order valence-electron chi connectivity index (χ1n) is 12.6. The zero-order valence-corrected chi connectivity index (χ0v) is 22.3. The van der Waals surface area contributed by atoms with E-state index in [-0.39, 0.29) is 23.3 Å². The largest absolute Gasteiger partial charge is 0.371 e. The number of piperidine rings is 1. The van der Waals surface area contributed by atoms with E-state index in [4.69, 9.17) is 0 Å². The number of carbonyl (C=O) groups is 2. The zero-order chi connectivity index (χ0) is 25.3. The van der Waals surface area contributed by atoms with Gasteiger partial charge in [0.1, 0.15) is 0 Å². The summed E-state index contributed by atoms with van der Waals surface area (Å²) in [5.41, 5.74) is 1.09. The Labute approximate surface area is 205 Å². The normalized spacial score (nSPS) is 14.9. The van der Waals surface area contributed by atoms with Crippen LogP contribution in [0, 0.1) is 5.92 Å². The molecule has 1 N–H and O–H groups in total. The lowest BCUT2D eigenvalue weighted by molar-refractivity contribution is -0.121. The van der Waals surface area contributed by atoms with Gasteiger partial charge in [0.2, 0.25) is 15.9 Å². The summed E-state index contributed by atoms with van der Waals surface area (Å²) in [7, 11) is -3.72. The molecule has 0 atom stereocenters. The predicted molar refractivity (Wildman–Crippen MR) is 137 cm³/mol. The number of hydrogen-bond donors (Lipinski definition) is 1. The van der Waals surface area contributed by atoms with Gasteiger partial charge in [-0.3, -0.25) is 9.59 Å². The van der Waals surface area contributed by atoms with Gasteiger partial charge >= 0.3 is 0 Å². The fourth-order valence-electron chi connectivity index (χ4n) is 4.27. The van der Waals surface area contributed by atoms with Gasteiger partial charge in [-0.2, -0.15) is 4.31 Å². The number of nitrogens with zero attached hydrogens (tertiary/aromatic N) is 3. The van der Waals surface area contributed by atoms with Gasteiger partial charge in [0.05, 0.1) is 17.0 Å². The summed E-state index contributed by atoms with van der Waals surface area (Å²) in [4.78, 5) is 30.0. The number of hydrogen-bond acceptors (Lipinski definition) is 5. The Morgan fingerprint density at radius 3 is 2.26 bits per heavy atom. The van der Waals surface area contributed by atoms with Crippen LogP contribution in [0.5, 0.6) is 0 Å². The number of sulfonamides is 1. The van der Waals surface area contributed by atoms with Crippen LogP contribution >= 0.6 is 0 Å². The van der Waals surface area contributed by atoms with Crippen LogP contribution in [0.2, 0.25) is 0 Å². The SMILES string of the molecule is CCCNC(=O)CN(CCC)C(=O)c1cc(S(=O)(=O)N(CC)CC)ccc1N1CCC(C)CC1. The van der Waals surface area contributed by atoms with Crippen molar-refractivity contribution in [1.82, 2.24) is 14.5 Å². The average molecular weight is 495 g/mol.